The molecule has 0 unspecified atom stereocenters. The number of carbonyl (C=O) groups is 1. The van der Waals surface area contributed by atoms with Gasteiger partial charge in [0, 0.05) is 19.5 Å². The van der Waals surface area contributed by atoms with Crippen molar-refractivity contribution >= 4 is 11.5 Å². The third kappa shape index (κ3) is 1.22. The summed E-state index contributed by atoms with van der Waals surface area (Å²) in [7, 11) is 1.78. The van der Waals surface area contributed by atoms with Gasteiger partial charge in [0.25, 0.3) is 0 Å². The van der Waals surface area contributed by atoms with Crippen molar-refractivity contribution in [1.82, 2.24) is 0 Å². The monoisotopic (exact) mass is 167 g/mol. The molecule has 0 aliphatic heterocycles. The van der Waals surface area contributed by atoms with Crippen LogP contribution in [0, 0.1) is 13.8 Å². The van der Waals surface area contributed by atoms with Crippen LogP contribution < -0.4 is 5.32 Å². The van der Waals surface area contributed by atoms with Gasteiger partial charge >= 0.3 is 0 Å². The third-order valence-electron chi connectivity index (χ3n) is 1.96. The highest BCUT2D eigenvalue weighted by molar-refractivity contribution is 5.97. The van der Waals surface area contributed by atoms with E-state index in [2.05, 4.69) is 5.32 Å². The fraction of sp³-hybridized carbons (Fsp3) is 0.444. The molecule has 0 bridgehead atoms. The Kier molecular flexibility index (Phi) is 2.22. The Morgan fingerprint density at radius 3 is 2.33 bits per heavy atom. The summed E-state index contributed by atoms with van der Waals surface area (Å²) in [6.07, 6.45) is 0. The fourth-order valence-corrected chi connectivity index (χ4v) is 1.18. The lowest BCUT2D eigenvalue weighted by atomic mass is 10.2. The van der Waals surface area contributed by atoms with Crippen molar-refractivity contribution in [3.63, 3.8) is 0 Å². The fourth-order valence-electron chi connectivity index (χ4n) is 1.18. The van der Waals surface area contributed by atoms with E-state index in [1.54, 1.807) is 7.05 Å². The van der Waals surface area contributed by atoms with Crippen LogP contribution in [0.2, 0.25) is 0 Å². The van der Waals surface area contributed by atoms with Gasteiger partial charge in [0.15, 0.2) is 11.5 Å². The molecule has 0 radical (unpaired) electrons. The molecule has 0 aliphatic carbocycles. The molecule has 66 valence electrons. The lowest BCUT2D eigenvalue weighted by molar-refractivity contribution is 0.0987. The first-order valence-corrected chi connectivity index (χ1v) is 3.86. The molecule has 3 nitrogen and oxygen atoms in total. The van der Waals surface area contributed by atoms with E-state index < -0.39 is 0 Å². The number of rotatable bonds is 2. The second-order valence-corrected chi connectivity index (χ2v) is 2.79. The van der Waals surface area contributed by atoms with E-state index in [4.69, 9.17) is 4.42 Å². The Balaban J connectivity index is 3.29. The molecule has 12 heavy (non-hydrogen) atoms. The predicted molar refractivity (Wildman–Crippen MR) is 47.7 cm³/mol. The quantitative estimate of drug-likeness (QED) is 0.686. The summed E-state index contributed by atoms with van der Waals surface area (Å²) >= 11 is 0. The number of Topliss-reactive ketones (excluding diaryl/α,β-unsaturated/α-hetero) is 1. The van der Waals surface area contributed by atoms with Crippen LogP contribution >= 0.6 is 0 Å². The molecule has 1 N–H and O–H groups in total. The largest absolute Gasteiger partial charge is 0.456 e. The van der Waals surface area contributed by atoms with Crippen LogP contribution in [0.25, 0.3) is 0 Å². The molecule has 0 spiro atoms. The maximum absolute atomic E-state index is 11.1. The molecule has 0 saturated carbocycles. The zero-order valence-electron chi connectivity index (χ0n) is 7.82. The Bertz CT molecular complexity index is 313. The minimum absolute atomic E-state index is 0.0458. The van der Waals surface area contributed by atoms with Gasteiger partial charge in [-0.25, -0.2) is 0 Å². The summed E-state index contributed by atoms with van der Waals surface area (Å²) in [4.78, 5) is 11.1. The number of carbonyl (C=O) groups excluding carboxylic acids is 1. The van der Waals surface area contributed by atoms with Crippen molar-refractivity contribution in [3.05, 3.63) is 17.1 Å². The molecule has 0 fully saturated rings. The van der Waals surface area contributed by atoms with Crippen LogP contribution in [0.3, 0.4) is 0 Å². The molecular formula is C9H13NO2. The molecule has 1 aromatic rings. The minimum atomic E-state index is -0.0458. The standard InChI is InChI=1S/C9H13NO2/c1-5-7(3)12-9(6(2)11)8(5)10-4/h10H,1-4H3. The van der Waals surface area contributed by atoms with Crippen molar-refractivity contribution in [3.8, 4) is 0 Å². The summed E-state index contributed by atoms with van der Waals surface area (Å²) in [6, 6.07) is 0. The van der Waals surface area contributed by atoms with Gasteiger partial charge in [0.1, 0.15) is 5.76 Å². The molecule has 0 atom stereocenters. The Morgan fingerprint density at radius 2 is 2.00 bits per heavy atom. The Hall–Kier alpha value is -1.25. The molecular weight excluding hydrogens is 154 g/mol. The summed E-state index contributed by atoms with van der Waals surface area (Å²) in [5.74, 6) is 1.17. The molecule has 1 aromatic heterocycles. The first-order chi connectivity index (χ1) is 5.57. The van der Waals surface area contributed by atoms with Gasteiger partial charge in [-0.05, 0) is 13.8 Å². The van der Waals surface area contributed by atoms with E-state index in [9.17, 15) is 4.79 Å². The number of aryl methyl sites for hydroxylation is 1. The molecule has 3 heteroatoms. The van der Waals surface area contributed by atoms with Gasteiger partial charge in [-0.15, -0.1) is 0 Å². The summed E-state index contributed by atoms with van der Waals surface area (Å²) in [5, 5.41) is 2.95. The van der Waals surface area contributed by atoms with Gasteiger partial charge < -0.3 is 9.73 Å². The number of furan rings is 1. The van der Waals surface area contributed by atoms with Crippen molar-refractivity contribution < 1.29 is 9.21 Å². The zero-order valence-corrected chi connectivity index (χ0v) is 7.82. The SMILES string of the molecule is CNc1c(C(C)=O)oc(C)c1C. The minimum Gasteiger partial charge on any atom is -0.456 e. The van der Waals surface area contributed by atoms with Crippen LogP contribution in [0.5, 0.6) is 0 Å². The summed E-state index contributed by atoms with van der Waals surface area (Å²) in [5.41, 5.74) is 1.81. The van der Waals surface area contributed by atoms with E-state index in [-0.39, 0.29) is 5.78 Å². The molecule has 0 saturated heterocycles. The van der Waals surface area contributed by atoms with Gasteiger partial charge in [-0.1, -0.05) is 0 Å². The number of ketones is 1. The van der Waals surface area contributed by atoms with Gasteiger partial charge in [-0.3, -0.25) is 4.79 Å². The summed E-state index contributed by atoms with van der Waals surface area (Å²) in [6.45, 7) is 5.28. The number of hydrogen-bond acceptors (Lipinski definition) is 3. The predicted octanol–water partition coefficient (Wildman–Crippen LogP) is 2.14. The number of hydrogen-bond donors (Lipinski definition) is 1. The van der Waals surface area contributed by atoms with E-state index in [0.717, 1.165) is 17.0 Å². The lowest BCUT2D eigenvalue weighted by Gasteiger charge is -1.97. The smallest absolute Gasteiger partial charge is 0.197 e. The molecule has 0 amide bonds. The van der Waals surface area contributed by atoms with E-state index in [1.165, 1.54) is 6.92 Å². The normalized spacial score (nSPS) is 10.0. The van der Waals surface area contributed by atoms with Crippen molar-refractivity contribution in [2.24, 2.45) is 0 Å². The second-order valence-electron chi connectivity index (χ2n) is 2.79. The first-order valence-electron chi connectivity index (χ1n) is 3.86. The topological polar surface area (TPSA) is 42.2 Å². The van der Waals surface area contributed by atoms with Gasteiger partial charge in [0.2, 0.25) is 0 Å². The molecule has 0 aromatic carbocycles. The van der Waals surface area contributed by atoms with Crippen molar-refractivity contribution in [1.29, 1.82) is 0 Å². The molecule has 1 rings (SSSR count). The average Bonchev–Trinajstić information content (AvgIpc) is 2.29. The Morgan fingerprint density at radius 1 is 1.42 bits per heavy atom. The zero-order chi connectivity index (χ0) is 9.30. The Labute approximate surface area is 71.8 Å². The van der Waals surface area contributed by atoms with Crippen molar-refractivity contribution in [2.45, 2.75) is 20.8 Å². The lowest BCUT2D eigenvalue weighted by Crippen LogP contribution is -1.97. The van der Waals surface area contributed by atoms with E-state index in [1.807, 2.05) is 13.8 Å². The highest BCUT2D eigenvalue weighted by Crippen LogP contribution is 2.26. The number of nitrogens with one attached hydrogen (secondary N) is 1. The van der Waals surface area contributed by atoms with Crippen LogP contribution in [0.4, 0.5) is 5.69 Å². The maximum atomic E-state index is 11.1. The van der Waals surface area contributed by atoms with Crippen LogP contribution in [-0.2, 0) is 0 Å². The highest BCUT2D eigenvalue weighted by atomic mass is 16.3. The third-order valence-corrected chi connectivity index (χ3v) is 1.96. The first kappa shape index (κ1) is 8.84. The van der Waals surface area contributed by atoms with E-state index >= 15 is 0 Å². The average molecular weight is 167 g/mol. The molecule has 0 aliphatic rings. The van der Waals surface area contributed by atoms with Crippen LogP contribution in [0.1, 0.15) is 28.8 Å². The van der Waals surface area contributed by atoms with Gasteiger partial charge in [0.05, 0.1) is 5.69 Å². The number of anilines is 1. The maximum Gasteiger partial charge on any atom is 0.197 e. The summed E-state index contributed by atoms with van der Waals surface area (Å²) < 4.78 is 5.29. The van der Waals surface area contributed by atoms with Crippen molar-refractivity contribution in [2.75, 3.05) is 12.4 Å². The van der Waals surface area contributed by atoms with Gasteiger partial charge in [-0.2, -0.15) is 0 Å². The molecule has 1 heterocycles. The van der Waals surface area contributed by atoms with Crippen LogP contribution in [-0.4, -0.2) is 12.8 Å². The van der Waals surface area contributed by atoms with Crippen LogP contribution in [0.15, 0.2) is 4.42 Å². The van der Waals surface area contributed by atoms with E-state index in [0.29, 0.717) is 5.76 Å². The highest BCUT2D eigenvalue weighted by Gasteiger charge is 2.16. The second kappa shape index (κ2) is 3.01.